The maximum absolute atomic E-state index is 12.8. The molecule has 2 amide bonds. The zero-order valence-corrected chi connectivity index (χ0v) is 15.3. The van der Waals surface area contributed by atoms with Gasteiger partial charge in [-0.2, -0.15) is 0 Å². The molecule has 0 radical (unpaired) electrons. The molecule has 3 heterocycles. The molecule has 0 saturated carbocycles. The molecular formula is C19H28N4O2. The lowest BCUT2D eigenvalue weighted by molar-refractivity contribution is -0.137. The van der Waals surface area contributed by atoms with Crippen molar-refractivity contribution in [2.24, 2.45) is 5.92 Å². The largest absolute Gasteiger partial charge is 0.341 e. The van der Waals surface area contributed by atoms with E-state index >= 15 is 0 Å². The molecule has 2 saturated heterocycles. The second kappa shape index (κ2) is 7.95. The number of amides is 2. The molecule has 1 unspecified atom stereocenters. The van der Waals surface area contributed by atoms with Gasteiger partial charge in [-0.15, -0.1) is 0 Å². The van der Waals surface area contributed by atoms with Crippen LogP contribution in [0.5, 0.6) is 0 Å². The minimum absolute atomic E-state index is 0.0233. The van der Waals surface area contributed by atoms with Crippen LogP contribution in [0.1, 0.15) is 35.3 Å². The Labute approximate surface area is 149 Å². The lowest BCUT2D eigenvalue weighted by Crippen LogP contribution is -2.45. The lowest BCUT2D eigenvalue weighted by atomic mass is 9.97. The number of piperidine rings is 1. The van der Waals surface area contributed by atoms with Crippen molar-refractivity contribution in [1.82, 2.24) is 19.7 Å². The van der Waals surface area contributed by atoms with Crippen molar-refractivity contribution < 1.29 is 9.59 Å². The monoisotopic (exact) mass is 344 g/mol. The average molecular weight is 344 g/mol. The first-order valence-electron chi connectivity index (χ1n) is 9.24. The number of aromatic nitrogens is 1. The van der Waals surface area contributed by atoms with E-state index in [0.717, 1.165) is 44.5 Å². The minimum atomic E-state index is -0.0233. The maximum atomic E-state index is 12.8. The van der Waals surface area contributed by atoms with Crippen molar-refractivity contribution in [2.75, 3.05) is 46.3 Å². The number of aryl methyl sites for hydroxylation is 1. The SMILES string of the molecule is Cc1cccnc1C(=O)N1CCCN(C(=O)C2CCCN(C)C2)CC1. The standard InChI is InChI=1S/C19H28N4O2/c1-15-6-3-8-20-17(15)19(25)23-11-5-10-22(12-13-23)18(24)16-7-4-9-21(2)14-16/h3,6,8,16H,4-5,7,9-14H2,1-2H3. The summed E-state index contributed by atoms with van der Waals surface area (Å²) >= 11 is 0. The van der Waals surface area contributed by atoms with Gasteiger partial charge in [-0.05, 0) is 51.4 Å². The van der Waals surface area contributed by atoms with Crippen molar-refractivity contribution in [3.8, 4) is 0 Å². The highest BCUT2D eigenvalue weighted by molar-refractivity contribution is 5.93. The van der Waals surface area contributed by atoms with Crippen LogP contribution in [0.25, 0.3) is 0 Å². The highest BCUT2D eigenvalue weighted by atomic mass is 16.2. The molecule has 136 valence electrons. The number of hydrogen-bond acceptors (Lipinski definition) is 4. The van der Waals surface area contributed by atoms with Crippen molar-refractivity contribution in [3.63, 3.8) is 0 Å². The molecule has 1 aromatic rings. The van der Waals surface area contributed by atoms with Crippen molar-refractivity contribution in [3.05, 3.63) is 29.6 Å². The zero-order valence-electron chi connectivity index (χ0n) is 15.3. The second-order valence-electron chi connectivity index (χ2n) is 7.24. The molecule has 25 heavy (non-hydrogen) atoms. The second-order valence-corrected chi connectivity index (χ2v) is 7.24. The van der Waals surface area contributed by atoms with Crippen LogP contribution in [0.4, 0.5) is 0 Å². The third-order valence-electron chi connectivity index (χ3n) is 5.28. The van der Waals surface area contributed by atoms with E-state index < -0.39 is 0 Å². The Bertz CT molecular complexity index is 634. The van der Waals surface area contributed by atoms with Crippen LogP contribution in [0.2, 0.25) is 0 Å². The Hall–Kier alpha value is -1.95. The van der Waals surface area contributed by atoms with Crippen LogP contribution in [0.3, 0.4) is 0 Å². The normalized spacial score (nSPS) is 22.6. The molecule has 0 N–H and O–H groups in total. The minimum Gasteiger partial charge on any atom is -0.341 e. The Morgan fingerprint density at radius 2 is 1.84 bits per heavy atom. The Morgan fingerprint density at radius 1 is 1.08 bits per heavy atom. The summed E-state index contributed by atoms with van der Waals surface area (Å²) in [5.74, 6) is 0.346. The molecule has 1 atom stereocenters. The Balaban J connectivity index is 1.61. The third-order valence-corrected chi connectivity index (χ3v) is 5.28. The molecule has 0 spiro atoms. The molecule has 1 aromatic heterocycles. The summed E-state index contributed by atoms with van der Waals surface area (Å²) in [5.41, 5.74) is 1.42. The summed E-state index contributed by atoms with van der Waals surface area (Å²) in [5, 5.41) is 0. The number of hydrogen-bond donors (Lipinski definition) is 0. The summed E-state index contributed by atoms with van der Waals surface area (Å²) in [6.07, 6.45) is 4.55. The van der Waals surface area contributed by atoms with Crippen molar-refractivity contribution in [2.45, 2.75) is 26.2 Å². The fourth-order valence-electron chi connectivity index (χ4n) is 3.83. The van der Waals surface area contributed by atoms with Gasteiger partial charge in [0.2, 0.25) is 5.91 Å². The summed E-state index contributed by atoms with van der Waals surface area (Å²) in [4.78, 5) is 35.9. The Kier molecular flexibility index (Phi) is 5.68. The van der Waals surface area contributed by atoms with E-state index in [9.17, 15) is 9.59 Å². The molecule has 0 aliphatic carbocycles. The van der Waals surface area contributed by atoms with Crippen molar-refractivity contribution >= 4 is 11.8 Å². The van der Waals surface area contributed by atoms with E-state index in [-0.39, 0.29) is 17.7 Å². The molecule has 2 aliphatic heterocycles. The highest BCUT2D eigenvalue weighted by Gasteiger charge is 2.30. The van der Waals surface area contributed by atoms with Gasteiger partial charge in [-0.25, -0.2) is 0 Å². The summed E-state index contributed by atoms with van der Waals surface area (Å²) in [7, 11) is 2.08. The van der Waals surface area contributed by atoms with Gasteiger partial charge < -0.3 is 14.7 Å². The van der Waals surface area contributed by atoms with Crippen LogP contribution >= 0.6 is 0 Å². The number of likely N-dealkylation sites (tertiary alicyclic amines) is 1. The topological polar surface area (TPSA) is 56.8 Å². The number of carbonyl (C=O) groups excluding carboxylic acids is 2. The molecule has 0 aromatic carbocycles. The predicted molar refractivity (Wildman–Crippen MR) is 96.3 cm³/mol. The van der Waals surface area contributed by atoms with Crippen LogP contribution in [-0.4, -0.2) is 77.8 Å². The quantitative estimate of drug-likeness (QED) is 0.814. The fourth-order valence-corrected chi connectivity index (χ4v) is 3.83. The van der Waals surface area contributed by atoms with Crippen LogP contribution < -0.4 is 0 Å². The zero-order chi connectivity index (χ0) is 17.8. The molecule has 2 aliphatic rings. The van der Waals surface area contributed by atoms with E-state index in [1.807, 2.05) is 28.9 Å². The summed E-state index contributed by atoms with van der Waals surface area (Å²) in [6.45, 7) is 6.47. The van der Waals surface area contributed by atoms with Gasteiger partial charge in [0.25, 0.3) is 5.91 Å². The first-order chi connectivity index (χ1) is 12.1. The van der Waals surface area contributed by atoms with Gasteiger partial charge in [0.1, 0.15) is 5.69 Å². The number of pyridine rings is 1. The number of nitrogens with zero attached hydrogens (tertiary/aromatic N) is 4. The smallest absolute Gasteiger partial charge is 0.272 e. The number of carbonyl (C=O) groups is 2. The fraction of sp³-hybridized carbons (Fsp3) is 0.632. The first-order valence-corrected chi connectivity index (χ1v) is 9.24. The molecular weight excluding hydrogens is 316 g/mol. The van der Waals surface area contributed by atoms with Gasteiger partial charge in [0.15, 0.2) is 0 Å². The van der Waals surface area contributed by atoms with Gasteiger partial charge in [0.05, 0.1) is 5.92 Å². The highest BCUT2D eigenvalue weighted by Crippen LogP contribution is 2.19. The third kappa shape index (κ3) is 4.18. The van der Waals surface area contributed by atoms with E-state index in [4.69, 9.17) is 0 Å². The van der Waals surface area contributed by atoms with E-state index in [1.165, 1.54) is 0 Å². The molecule has 0 bridgehead atoms. The molecule has 3 rings (SSSR count). The average Bonchev–Trinajstić information content (AvgIpc) is 2.87. The predicted octanol–water partition coefficient (Wildman–Crippen LogP) is 1.41. The molecule has 2 fully saturated rings. The van der Waals surface area contributed by atoms with Crippen LogP contribution in [-0.2, 0) is 4.79 Å². The molecule has 6 heteroatoms. The van der Waals surface area contributed by atoms with Gasteiger partial charge >= 0.3 is 0 Å². The Morgan fingerprint density at radius 3 is 2.60 bits per heavy atom. The number of rotatable bonds is 2. The van der Waals surface area contributed by atoms with Gasteiger partial charge in [-0.1, -0.05) is 6.07 Å². The first kappa shape index (κ1) is 17.9. The summed E-state index contributed by atoms with van der Waals surface area (Å²) in [6, 6.07) is 3.75. The summed E-state index contributed by atoms with van der Waals surface area (Å²) < 4.78 is 0. The van der Waals surface area contributed by atoms with E-state index in [0.29, 0.717) is 25.3 Å². The van der Waals surface area contributed by atoms with Gasteiger partial charge in [0, 0.05) is 38.9 Å². The van der Waals surface area contributed by atoms with E-state index in [1.54, 1.807) is 6.20 Å². The van der Waals surface area contributed by atoms with Crippen LogP contribution in [0.15, 0.2) is 18.3 Å². The lowest BCUT2D eigenvalue weighted by Gasteiger charge is -2.32. The van der Waals surface area contributed by atoms with E-state index in [2.05, 4.69) is 16.9 Å². The van der Waals surface area contributed by atoms with Gasteiger partial charge in [-0.3, -0.25) is 14.6 Å². The van der Waals surface area contributed by atoms with Crippen molar-refractivity contribution in [1.29, 1.82) is 0 Å². The van der Waals surface area contributed by atoms with Crippen LogP contribution in [0, 0.1) is 12.8 Å². The maximum Gasteiger partial charge on any atom is 0.272 e. The molecule has 6 nitrogen and oxygen atoms in total.